The number of nitrogens with one attached hydrogen (secondary N) is 1. The van der Waals surface area contributed by atoms with E-state index in [-0.39, 0.29) is 6.04 Å². The molecular formula is C17H18N2O. The maximum atomic E-state index is 9.19. The van der Waals surface area contributed by atoms with Gasteiger partial charge in [0.1, 0.15) is 11.8 Å². The first-order valence-electron chi connectivity index (χ1n) is 6.56. The number of rotatable bonds is 4. The van der Waals surface area contributed by atoms with Crippen LogP contribution in [0, 0.1) is 18.3 Å². The molecule has 0 aliphatic carbocycles. The van der Waals surface area contributed by atoms with E-state index < -0.39 is 0 Å². The fourth-order valence-electron chi connectivity index (χ4n) is 2.14. The van der Waals surface area contributed by atoms with E-state index in [0.717, 1.165) is 22.6 Å². The number of nitrogens with zero attached hydrogens (tertiary/aromatic N) is 1. The lowest BCUT2D eigenvalue weighted by Crippen LogP contribution is -2.09. The van der Waals surface area contributed by atoms with Crippen molar-refractivity contribution in [3.05, 3.63) is 59.2 Å². The molecule has 3 heteroatoms. The van der Waals surface area contributed by atoms with Crippen molar-refractivity contribution in [1.29, 1.82) is 5.26 Å². The molecule has 0 aliphatic rings. The van der Waals surface area contributed by atoms with E-state index in [2.05, 4.69) is 18.3 Å². The van der Waals surface area contributed by atoms with Gasteiger partial charge in [-0.2, -0.15) is 5.26 Å². The Morgan fingerprint density at radius 2 is 1.85 bits per heavy atom. The molecule has 0 aromatic heterocycles. The molecule has 0 heterocycles. The van der Waals surface area contributed by atoms with Crippen LogP contribution in [0.3, 0.4) is 0 Å². The summed E-state index contributed by atoms with van der Waals surface area (Å²) in [5.41, 5.74) is 3.80. The fourth-order valence-corrected chi connectivity index (χ4v) is 2.14. The van der Waals surface area contributed by atoms with Crippen molar-refractivity contribution >= 4 is 5.69 Å². The van der Waals surface area contributed by atoms with Gasteiger partial charge in [-0.1, -0.05) is 24.3 Å². The van der Waals surface area contributed by atoms with E-state index in [9.17, 15) is 5.26 Å². The topological polar surface area (TPSA) is 45.0 Å². The van der Waals surface area contributed by atoms with Crippen LogP contribution in [-0.2, 0) is 0 Å². The average Bonchev–Trinajstić information content (AvgIpc) is 2.49. The Hall–Kier alpha value is -2.47. The second kappa shape index (κ2) is 6.12. The SMILES string of the molecule is COc1ccc(C(C)Nc2c(C)cccc2C#N)cc1. The van der Waals surface area contributed by atoms with Gasteiger partial charge >= 0.3 is 0 Å². The minimum Gasteiger partial charge on any atom is -0.497 e. The van der Waals surface area contributed by atoms with Gasteiger partial charge in [-0.15, -0.1) is 0 Å². The number of aryl methyl sites for hydroxylation is 1. The van der Waals surface area contributed by atoms with Crippen molar-refractivity contribution in [2.24, 2.45) is 0 Å². The summed E-state index contributed by atoms with van der Waals surface area (Å²) in [6.07, 6.45) is 0. The molecule has 2 rings (SSSR count). The van der Waals surface area contributed by atoms with Crippen LogP contribution >= 0.6 is 0 Å². The molecule has 0 saturated heterocycles. The van der Waals surface area contributed by atoms with E-state index in [1.807, 2.05) is 49.4 Å². The van der Waals surface area contributed by atoms with Gasteiger partial charge in [0.05, 0.1) is 18.4 Å². The quantitative estimate of drug-likeness (QED) is 0.908. The number of para-hydroxylation sites is 1. The molecule has 0 saturated carbocycles. The van der Waals surface area contributed by atoms with E-state index in [1.165, 1.54) is 0 Å². The second-order valence-corrected chi connectivity index (χ2v) is 4.75. The lowest BCUT2D eigenvalue weighted by Gasteiger charge is -2.18. The van der Waals surface area contributed by atoms with Crippen molar-refractivity contribution < 1.29 is 4.74 Å². The van der Waals surface area contributed by atoms with Crippen LogP contribution in [0.1, 0.15) is 29.7 Å². The molecule has 2 aromatic rings. The van der Waals surface area contributed by atoms with Crippen LogP contribution < -0.4 is 10.1 Å². The number of methoxy groups -OCH3 is 1. The molecule has 2 aromatic carbocycles. The molecule has 1 atom stereocenters. The third-order valence-corrected chi connectivity index (χ3v) is 3.37. The molecular weight excluding hydrogens is 248 g/mol. The summed E-state index contributed by atoms with van der Waals surface area (Å²) in [7, 11) is 1.66. The lowest BCUT2D eigenvalue weighted by molar-refractivity contribution is 0.414. The highest BCUT2D eigenvalue weighted by Gasteiger charge is 2.10. The minimum atomic E-state index is 0.120. The zero-order valence-corrected chi connectivity index (χ0v) is 12.0. The molecule has 0 aliphatic heterocycles. The maximum absolute atomic E-state index is 9.19. The number of ether oxygens (including phenoxy) is 1. The molecule has 0 spiro atoms. The van der Waals surface area contributed by atoms with Gasteiger partial charge < -0.3 is 10.1 Å². The molecule has 20 heavy (non-hydrogen) atoms. The van der Waals surface area contributed by atoms with E-state index in [1.54, 1.807) is 7.11 Å². The fraction of sp³-hybridized carbons (Fsp3) is 0.235. The average molecular weight is 266 g/mol. The predicted octanol–water partition coefficient (Wildman–Crippen LogP) is 4.05. The van der Waals surface area contributed by atoms with Crippen molar-refractivity contribution in [3.63, 3.8) is 0 Å². The third kappa shape index (κ3) is 2.92. The van der Waals surface area contributed by atoms with Crippen molar-refractivity contribution in [2.45, 2.75) is 19.9 Å². The number of hydrogen-bond acceptors (Lipinski definition) is 3. The first-order valence-corrected chi connectivity index (χ1v) is 6.56. The van der Waals surface area contributed by atoms with Gasteiger partial charge in [-0.05, 0) is 43.2 Å². The second-order valence-electron chi connectivity index (χ2n) is 4.75. The summed E-state index contributed by atoms with van der Waals surface area (Å²) < 4.78 is 5.16. The molecule has 1 unspecified atom stereocenters. The van der Waals surface area contributed by atoms with Crippen LogP contribution in [0.4, 0.5) is 5.69 Å². The summed E-state index contributed by atoms with van der Waals surface area (Å²) in [5, 5.41) is 12.6. The van der Waals surface area contributed by atoms with E-state index in [0.29, 0.717) is 5.56 Å². The Morgan fingerprint density at radius 3 is 2.45 bits per heavy atom. The zero-order valence-electron chi connectivity index (χ0n) is 12.0. The van der Waals surface area contributed by atoms with Gasteiger partial charge in [0, 0.05) is 6.04 Å². The third-order valence-electron chi connectivity index (χ3n) is 3.37. The van der Waals surface area contributed by atoms with Crippen LogP contribution in [-0.4, -0.2) is 7.11 Å². The van der Waals surface area contributed by atoms with Gasteiger partial charge in [0.25, 0.3) is 0 Å². The predicted molar refractivity (Wildman–Crippen MR) is 80.9 cm³/mol. The first-order chi connectivity index (χ1) is 9.65. The summed E-state index contributed by atoms with van der Waals surface area (Å²) in [6.45, 7) is 4.08. The smallest absolute Gasteiger partial charge is 0.118 e. The largest absolute Gasteiger partial charge is 0.497 e. The standard InChI is InChI=1S/C17H18N2O/c1-12-5-4-6-15(11-18)17(12)19-13(2)14-7-9-16(20-3)10-8-14/h4-10,13,19H,1-3H3. The molecule has 102 valence electrons. The Kier molecular flexibility index (Phi) is 4.27. The highest BCUT2D eigenvalue weighted by atomic mass is 16.5. The number of hydrogen-bond donors (Lipinski definition) is 1. The Bertz CT molecular complexity index is 626. The lowest BCUT2D eigenvalue weighted by atomic mass is 10.0. The monoisotopic (exact) mass is 266 g/mol. The van der Waals surface area contributed by atoms with Crippen LogP contribution in [0.2, 0.25) is 0 Å². The molecule has 0 radical (unpaired) electrons. The molecule has 3 nitrogen and oxygen atoms in total. The number of benzene rings is 2. The first kappa shape index (κ1) is 14.0. The molecule has 0 fully saturated rings. The highest BCUT2D eigenvalue weighted by molar-refractivity contribution is 5.63. The van der Waals surface area contributed by atoms with Gasteiger partial charge in [-0.3, -0.25) is 0 Å². The summed E-state index contributed by atoms with van der Waals surface area (Å²) in [4.78, 5) is 0. The van der Waals surface area contributed by atoms with Crippen LogP contribution in [0.25, 0.3) is 0 Å². The van der Waals surface area contributed by atoms with Crippen molar-refractivity contribution in [1.82, 2.24) is 0 Å². The van der Waals surface area contributed by atoms with E-state index >= 15 is 0 Å². The summed E-state index contributed by atoms with van der Waals surface area (Å²) in [5.74, 6) is 0.842. The molecule has 1 N–H and O–H groups in total. The van der Waals surface area contributed by atoms with Crippen LogP contribution in [0.5, 0.6) is 5.75 Å². The summed E-state index contributed by atoms with van der Waals surface area (Å²) >= 11 is 0. The van der Waals surface area contributed by atoms with Gasteiger partial charge in [0.2, 0.25) is 0 Å². The Labute approximate surface area is 119 Å². The van der Waals surface area contributed by atoms with Crippen molar-refractivity contribution in [3.8, 4) is 11.8 Å². The number of anilines is 1. The minimum absolute atomic E-state index is 0.120. The van der Waals surface area contributed by atoms with Gasteiger partial charge in [0.15, 0.2) is 0 Å². The highest BCUT2D eigenvalue weighted by Crippen LogP contribution is 2.26. The zero-order chi connectivity index (χ0) is 14.5. The summed E-state index contributed by atoms with van der Waals surface area (Å²) in [6, 6.07) is 16.0. The molecule has 0 amide bonds. The van der Waals surface area contributed by atoms with E-state index in [4.69, 9.17) is 4.74 Å². The van der Waals surface area contributed by atoms with Crippen molar-refractivity contribution in [2.75, 3.05) is 12.4 Å². The van der Waals surface area contributed by atoms with Crippen LogP contribution in [0.15, 0.2) is 42.5 Å². The normalized spacial score (nSPS) is 11.5. The number of nitriles is 1. The Morgan fingerprint density at radius 1 is 1.15 bits per heavy atom. The Balaban J connectivity index is 2.23. The maximum Gasteiger partial charge on any atom is 0.118 e. The van der Waals surface area contributed by atoms with Gasteiger partial charge in [-0.25, -0.2) is 0 Å². The molecule has 0 bridgehead atoms.